The maximum atomic E-state index is 13.3. The second kappa shape index (κ2) is 8.89. The van der Waals surface area contributed by atoms with Crippen molar-refractivity contribution in [1.29, 1.82) is 0 Å². The van der Waals surface area contributed by atoms with Gasteiger partial charge in [0.05, 0.1) is 23.2 Å². The molecule has 0 unspecified atom stereocenters. The number of nitro groups is 1. The van der Waals surface area contributed by atoms with Gasteiger partial charge in [0.2, 0.25) is 0 Å². The van der Waals surface area contributed by atoms with Crippen molar-refractivity contribution in [3.8, 4) is 0 Å². The summed E-state index contributed by atoms with van der Waals surface area (Å²) in [5, 5.41) is 10.9. The number of nitrogens with zero attached hydrogens (tertiary/aromatic N) is 1. The quantitative estimate of drug-likeness (QED) is 0.226. The van der Waals surface area contributed by atoms with Crippen LogP contribution in [0.3, 0.4) is 0 Å². The van der Waals surface area contributed by atoms with Crippen LogP contribution >= 0.6 is 0 Å². The normalized spacial score (nSPS) is 13.1. The van der Waals surface area contributed by atoms with Gasteiger partial charge in [-0.1, -0.05) is 19.9 Å². The summed E-state index contributed by atoms with van der Waals surface area (Å²) in [5.74, 6) is -7.42. The van der Waals surface area contributed by atoms with Gasteiger partial charge in [-0.3, -0.25) is 19.7 Å². The fourth-order valence-corrected chi connectivity index (χ4v) is 1.83. The van der Waals surface area contributed by atoms with Gasteiger partial charge in [0.25, 0.3) is 5.69 Å². The van der Waals surface area contributed by atoms with Gasteiger partial charge in [-0.05, 0) is 12.1 Å². The molecular weight excluding hydrogens is 393 g/mol. The highest BCUT2D eigenvalue weighted by Crippen LogP contribution is 2.45. The molecule has 0 aliphatic carbocycles. The molecule has 0 amide bonds. The van der Waals surface area contributed by atoms with Crippen LogP contribution in [0.2, 0.25) is 0 Å². The zero-order valence-corrected chi connectivity index (χ0v) is 14.8. The Morgan fingerprint density at radius 1 is 1.21 bits per heavy atom. The van der Waals surface area contributed by atoms with Crippen molar-refractivity contribution in [2.24, 2.45) is 5.92 Å². The molecule has 6 nitrogen and oxygen atoms in total. The lowest BCUT2D eigenvalue weighted by molar-refractivity contribution is -0.385. The Morgan fingerprint density at radius 2 is 1.71 bits per heavy atom. The molecule has 0 bridgehead atoms. The third-order valence-electron chi connectivity index (χ3n) is 3.58. The molecule has 154 valence electrons. The molecule has 0 saturated heterocycles. The van der Waals surface area contributed by atoms with E-state index in [1.54, 1.807) is 6.26 Å². The van der Waals surface area contributed by atoms with E-state index in [2.05, 4.69) is 4.74 Å². The standard InChI is InChI=1S/C14H12F5NO4.C3H4O/c1-7(2)11(21)6-12(22)9-4-3-8(5-10(9)20(23)24)13(15,16)14(17,18)19;1-2-4-3-1/h3-5,7H,6H2,1-2H3;1-2H,3H2. The molecule has 0 radical (unpaired) electrons. The predicted octanol–water partition coefficient (Wildman–Crippen LogP) is 4.58. The molecule has 1 heterocycles. The molecule has 0 spiro atoms. The topological polar surface area (TPSA) is 86.5 Å². The van der Waals surface area contributed by atoms with Gasteiger partial charge < -0.3 is 4.74 Å². The monoisotopic (exact) mass is 409 g/mol. The first kappa shape index (κ1) is 23.2. The second-order valence-electron chi connectivity index (χ2n) is 5.99. The molecule has 0 aromatic heterocycles. The summed E-state index contributed by atoms with van der Waals surface area (Å²) >= 11 is 0. The molecule has 11 heteroatoms. The molecule has 1 aromatic carbocycles. The zero-order valence-electron chi connectivity index (χ0n) is 14.8. The minimum absolute atomic E-state index is 0.000569. The van der Waals surface area contributed by atoms with Crippen LogP contribution in [0.4, 0.5) is 27.6 Å². The number of halogens is 5. The van der Waals surface area contributed by atoms with Crippen LogP contribution < -0.4 is 0 Å². The molecule has 1 aliphatic rings. The highest BCUT2D eigenvalue weighted by Gasteiger charge is 2.59. The van der Waals surface area contributed by atoms with Gasteiger partial charge >= 0.3 is 12.1 Å². The van der Waals surface area contributed by atoms with Crippen molar-refractivity contribution >= 4 is 17.3 Å². The number of hydrogen-bond donors (Lipinski definition) is 0. The van der Waals surface area contributed by atoms with Gasteiger partial charge in [0.1, 0.15) is 12.4 Å². The Morgan fingerprint density at radius 3 is 2.07 bits per heavy atom. The summed E-state index contributed by atoms with van der Waals surface area (Å²) in [6, 6.07) is 0.789. The number of rotatable bonds is 6. The molecule has 0 saturated carbocycles. The summed E-state index contributed by atoms with van der Waals surface area (Å²) < 4.78 is 68.1. The molecule has 2 rings (SSSR count). The largest absolute Gasteiger partial charge is 0.497 e. The molecule has 1 aromatic rings. The minimum atomic E-state index is -5.94. The highest BCUT2D eigenvalue weighted by atomic mass is 19.4. The number of ether oxygens (including phenoxy) is 1. The number of ketones is 2. The first-order chi connectivity index (χ1) is 12.8. The van der Waals surface area contributed by atoms with Crippen molar-refractivity contribution in [1.82, 2.24) is 0 Å². The van der Waals surface area contributed by atoms with E-state index < -0.39 is 57.7 Å². The van der Waals surface area contributed by atoms with Crippen LogP contribution in [0, 0.1) is 16.0 Å². The SMILES string of the molecule is C1=COC1.CC(C)C(=O)CC(=O)c1ccc(C(F)(F)C(F)(F)F)cc1[N+](=O)[O-]. The lowest BCUT2D eigenvalue weighted by atomic mass is 9.96. The van der Waals surface area contributed by atoms with Crippen molar-refractivity contribution in [2.75, 3.05) is 6.61 Å². The summed E-state index contributed by atoms with van der Waals surface area (Å²) in [4.78, 5) is 33.1. The van der Waals surface area contributed by atoms with E-state index in [0.29, 0.717) is 6.07 Å². The average molecular weight is 409 g/mol. The second-order valence-corrected chi connectivity index (χ2v) is 5.99. The van der Waals surface area contributed by atoms with E-state index in [1.807, 2.05) is 6.08 Å². The van der Waals surface area contributed by atoms with Crippen molar-refractivity contribution in [3.05, 3.63) is 51.8 Å². The first-order valence-corrected chi connectivity index (χ1v) is 7.85. The van der Waals surface area contributed by atoms with Crippen LogP contribution in [0.25, 0.3) is 0 Å². The average Bonchev–Trinajstić information content (AvgIpc) is 2.51. The van der Waals surface area contributed by atoms with Crippen molar-refractivity contribution in [2.45, 2.75) is 32.4 Å². The van der Waals surface area contributed by atoms with Gasteiger partial charge in [-0.15, -0.1) is 0 Å². The highest BCUT2D eigenvalue weighted by molar-refractivity contribution is 6.10. The Balaban J connectivity index is 0.000000863. The first-order valence-electron chi connectivity index (χ1n) is 7.85. The van der Waals surface area contributed by atoms with E-state index in [9.17, 15) is 41.7 Å². The number of hydrogen-bond acceptors (Lipinski definition) is 5. The third kappa shape index (κ3) is 5.57. The lowest BCUT2D eigenvalue weighted by Gasteiger charge is -2.19. The molecular formula is C17H16F5NO5. The van der Waals surface area contributed by atoms with E-state index in [-0.39, 0.29) is 12.1 Å². The van der Waals surface area contributed by atoms with E-state index in [0.717, 1.165) is 6.61 Å². The number of Topliss-reactive ketones (excluding diaryl/α,β-unsaturated/α-hetero) is 2. The smallest absolute Gasteiger partial charge is 0.458 e. The maximum absolute atomic E-state index is 13.3. The Labute approximate surface area is 156 Å². The van der Waals surface area contributed by atoms with Crippen LogP contribution in [0.1, 0.15) is 36.2 Å². The third-order valence-corrected chi connectivity index (χ3v) is 3.58. The maximum Gasteiger partial charge on any atom is 0.458 e. The number of nitro benzene ring substituents is 1. The van der Waals surface area contributed by atoms with Crippen LogP contribution in [0.5, 0.6) is 0 Å². The summed E-state index contributed by atoms with van der Waals surface area (Å²) in [6.45, 7) is 3.79. The van der Waals surface area contributed by atoms with Gasteiger partial charge in [0.15, 0.2) is 5.78 Å². The predicted molar refractivity (Wildman–Crippen MR) is 86.9 cm³/mol. The van der Waals surface area contributed by atoms with Crippen LogP contribution in [-0.2, 0) is 15.5 Å². The van der Waals surface area contributed by atoms with Crippen molar-refractivity contribution < 1.29 is 41.2 Å². The van der Waals surface area contributed by atoms with Gasteiger partial charge in [-0.2, -0.15) is 22.0 Å². The number of carbonyl (C=O) groups excluding carboxylic acids is 2. The van der Waals surface area contributed by atoms with Crippen LogP contribution in [0.15, 0.2) is 30.5 Å². The van der Waals surface area contributed by atoms with E-state index in [4.69, 9.17) is 0 Å². The Bertz CT molecular complexity index is 781. The summed E-state index contributed by atoms with van der Waals surface area (Å²) in [5.41, 5.74) is -3.57. The fraction of sp³-hybridized carbons (Fsp3) is 0.412. The molecule has 28 heavy (non-hydrogen) atoms. The van der Waals surface area contributed by atoms with Gasteiger partial charge in [-0.25, -0.2) is 0 Å². The van der Waals surface area contributed by atoms with E-state index in [1.165, 1.54) is 13.8 Å². The number of carbonyl (C=O) groups is 2. The summed E-state index contributed by atoms with van der Waals surface area (Å²) in [6.07, 6.45) is -3.02. The van der Waals surface area contributed by atoms with Gasteiger partial charge in [0, 0.05) is 17.5 Å². The zero-order chi connectivity index (χ0) is 21.7. The lowest BCUT2D eigenvalue weighted by Crippen LogP contribution is -2.33. The number of alkyl halides is 5. The van der Waals surface area contributed by atoms with Crippen molar-refractivity contribution in [3.63, 3.8) is 0 Å². The molecule has 0 atom stereocenters. The van der Waals surface area contributed by atoms with E-state index >= 15 is 0 Å². The molecule has 0 fully saturated rings. The van der Waals surface area contributed by atoms with Crippen LogP contribution in [-0.4, -0.2) is 29.3 Å². The molecule has 1 aliphatic heterocycles. The Kier molecular flexibility index (Phi) is 7.36. The summed E-state index contributed by atoms with van der Waals surface area (Å²) in [7, 11) is 0. The minimum Gasteiger partial charge on any atom is -0.497 e. The Hall–Kier alpha value is -2.85. The molecule has 0 N–H and O–H groups in total. The fourth-order valence-electron chi connectivity index (χ4n) is 1.83. The number of benzene rings is 1.